The first-order chi connectivity index (χ1) is 13.2. The van der Waals surface area contributed by atoms with Gasteiger partial charge >= 0.3 is 5.97 Å². The highest BCUT2D eigenvalue weighted by molar-refractivity contribution is 6.15. The van der Waals surface area contributed by atoms with Gasteiger partial charge in [0.1, 0.15) is 17.3 Å². The largest absolute Gasteiger partial charge is 0.469 e. The van der Waals surface area contributed by atoms with E-state index in [4.69, 9.17) is 13.9 Å². The van der Waals surface area contributed by atoms with Gasteiger partial charge in [-0.3, -0.25) is 14.6 Å². The Balaban J connectivity index is 1.63. The van der Waals surface area contributed by atoms with Crippen molar-refractivity contribution < 1.29 is 23.5 Å². The highest BCUT2D eigenvalue weighted by Gasteiger charge is 2.39. The fourth-order valence-electron chi connectivity index (χ4n) is 3.45. The van der Waals surface area contributed by atoms with Crippen molar-refractivity contribution in [1.29, 1.82) is 0 Å². The summed E-state index contributed by atoms with van der Waals surface area (Å²) in [5.41, 5.74) is 1.86. The first-order valence-corrected chi connectivity index (χ1v) is 8.46. The molecule has 0 bridgehead atoms. The van der Waals surface area contributed by atoms with Crippen LogP contribution in [-0.4, -0.2) is 16.7 Å². The summed E-state index contributed by atoms with van der Waals surface area (Å²) >= 11 is 0. The maximum atomic E-state index is 12.8. The molecule has 2 aromatic heterocycles. The smallest absolute Gasteiger partial charge is 0.312 e. The minimum absolute atomic E-state index is 0.121. The van der Waals surface area contributed by atoms with Crippen molar-refractivity contribution in [3.05, 3.63) is 83.3 Å². The molecule has 5 rings (SSSR count). The number of hydrogen-bond acceptors (Lipinski definition) is 6. The molecule has 0 fully saturated rings. The highest BCUT2D eigenvalue weighted by Crippen LogP contribution is 2.48. The van der Waals surface area contributed by atoms with Gasteiger partial charge in [0, 0.05) is 18.0 Å². The molecule has 2 aliphatic rings. The first kappa shape index (κ1) is 15.6. The van der Waals surface area contributed by atoms with Crippen molar-refractivity contribution >= 4 is 17.8 Å². The zero-order chi connectivity index (χ0) is 18.4. The van der Waals surface area contributed by atoms with Crippen molar-refractivity contribution in [3.8, 4) is 11.5 Å². The lowest BCUT2D eigenvalue weighted by molar-refractivity contribution is -0.135. The predicted octanol–water partition coefficient (Wildman–Crippen LogP) is 3.73. The number of ketones is 1. The summed E-state index contributed by atoms with van der Waals surface area (Å²) in [6, 6.07) is 10.4. The summed E-state index contributed by atoms with van der Waals surface area (Å²) in [6.07, 6.45) is 6.63. The molecule has 1 atom stereocenters. The molecule has 6 nitrogen and oxygen atoms in total. The van der Waals surface area contributed by atoms with Gasteiger partial charge in [0.15, 0.2) is 5.76 Å². The fourth-order valence-corrected chi connectivity index (χ4v) is 3.45. The first-order valence-electron chi connectivity index (χ1n) is 8.46. The second-order valence-electron chi connectivity index (χ2n) is 6.33. The number of fused-ring (bicyclic) bond motifs is 3. The Labute approximate surface area is 154 Å². The standard InChI is InChI=1S/C21H13NO5/c23-18-10-14(15-4-2-8-25-15)19-16(26-18)6-5-13-20(24)17(27-21(13)19)9-12-3-1-7-22-11-12/h1-9,11,14H,10H2. The number of allylic oxidation sites excluding steroid dienone is 1. The van der Waals surface area contributed by atoms with Crippen LogP contribution in [0.5, 0.6) is 11.5 Å². The van der Waals surface area contributed by atoms with E-state index in [0.717, 1.165) is 5.56 Å². The van der Waals surface area contributed by atoms with Crippen LogP contribution in [0.3, 0.4) is 0 Å². The van der Waals surface area contributed by atoms with Crippen LogP contribution in [0.15, 0.2) is 65.2 Å². The summed E-state index contributed by atoms with van der Waals surface area (Å²) in [6.45, 7) is 0. The monoisotopic (exact) mass is 359 g/mol. The molecular formula is C21H13NO5. The zero-order valence-electron chi connectivity index (χ0n) is 14.0. The SMILES string of the molecule is O=C1CC(c2ccco2)c2c(ccc3c2OC(=Cc2cccnc2)C3=O)O1. The lowest BCUT2D eigenvalue weighted by Gasteiger charge is -2.24. The molecule has 1 unspecified atom stereocenters. The summed E-state index contributed by atoms with van der Waals surface area (Å²) in [5.74, 6) is 0.717. The van der Waals surface area contributed by atoms with Crippen LogP contribution >= 0.6 is 0 Å². The number of ether oxygens (including phenoxy) is 2. The molecule has 27 heavy (non-hydrogen) atoms. The number of carbonyl (C=O) groups excluding carboxylic acids is 2. The molecule has 0 amide bonds. The average Bonchev–Trinajstić information content (AvgIpc) is 3.31. The molecule has 1 aromatic carbocycles. The molecule has 0 radical (unpaired) electrons. The van der Waals surface area contributed by atoms with Gasteiger partial charge in [0.05, 0.1) is 24.2 Å². The lowest BCUT2D eigenvalue weighted by atomic mass is 9.88. The van der Waals surface area contributed by atoms with Crippen LogP contribution in [0.4, 0.5) is 0 Å². The molecule has 3 aromatic rings. The summed E-state index contributed by atoms with van der Waals surface area (Å²) in [5, 5.41) is 0. The fraction of sp³-hybridized carbons (Fsp3) is 0.0952. The van der Waals surface area contributed by atoms with Gasteiger partial charge in [0.25, 0.3) is 0 Å². The quantitative estimate of drug-likeness (QED) is 0.394. The third-order valence-corrected chi connectivity index (χ3v) is 4.65. The summed E-state index contributed by atoms with van der Waals surface area (Å²) in [7, 11) is 0. The van der Waals surface area contributed by atoms with Gasteiger partial charge in [-0.2, -0.15) is 0 Å². The van der Waals surface area contributed by atoms with E-state index in [1.54, 1.807) is 55.1 Å². The predicted molar refractivity (Wildman–Crippen MR) is 94.4 cm³/mol. The van der Waals surface area contributed by atoms with E-state index in [1.807, 2.05) is 6.07 Å². The van der Waals surface area contributed by atoms with Crippen LogP contribution in [0.2, 0.25) is 0 Å². The van der Waals surface area contributed by atoms with E-state index in [2.05, 4.69) is 4.98 Å². The summed E-state index contributed by atoms with van der Waals surface area (Å²) < 4.78 is 16.8. The third-order valence-electron chi connectivity index (χ3n) is 4.65. The molecule has 0 N–H and O–H groups in total. The molecule has 6 heteroatoms. The molecular weight excluding hydrogens is 346 g/mol. The van der Waals surface area contributed by atoms with E-state index in [-0.39, 0.29) is 29.9 Å². The maximum Gasteiger partial charge on any atom is 0.312 e. The van der Waals surface area contributed by atoms with Crippen molar-refractivity contribution in [3.63, 3.8) is 0 Å². The number of esters is 1. The zero-order valence-corrected chi connectivity index (χ0v) is 14.0. The maximum absolute atomic E-state index is 12.8. The number of carbonyl (C=O) groups is 2. The second-order valence-corrected chi connectivity index (χ2v) is 6.33. The lowest BCUT2D eigenvalue weighted by Crippen LogP contribution is -2.21. The normalized spacial score (nSPS) is 19.4. The Morgan fingerprint density at radius 1 is 1.07 bits per heavy atom. The molecule has 0 aliphatic carbocycles. The molecule has 0 saturated carbocycles. The average molecular weight is 359 g/mol. The van der Waals surface area contributed by atoms with E-state index in [0.29, 0.717) is 28.4 Å². The van der Waals surface area contributed by atoms with Crippen molar-refractivity contribution in [2.75, 3.05) is 0 Å². The molecule has 0 saturated heterocycles. The van der Waals surface area contributed by atoms with Crippen molar-refractivity contribution in [2.24, 2.45) is 0 Å². The van der Waals surface area contributed by atoms with Gasteiger partial charge < -0.3 is 13.9 Å². The molecule has 132 valence electrons. The highest BCUT2D eigenvalue weighted by atomic mass is 16.5. The molecule has 2 aliphatic heterocycles. The number of furan rings is 1. The number of hydrogen-bond donors (Lipinski definition) is 0. The number of rotatable bonds is 2. The molecule has 0 spiro atoms. The van der Waals surface area contributed by atoms with Crippen molar-refractivity contribution in [1.82, 2.24) is 4.98 Å². The van der Waals surface area contributed by atoms with Crippen LogP contribution in [0, 0.1) is 0 Å². The van der Waals surface area contributed by atoms with Crippen LogP contribution < -0.4 is 9.47 Å². The number of aromatic nitrogens is 1. The van der Waals surface area contributed by atoms with E-state index in [9.17, 15) is 9.59 Å². The van der Waals surface area contributed by atoms with Gasteiger partial charge in [-0.15, -0.1) is 0 Å². The Morgan fingerprint density at radius 3 is 2.78 bits per heavy atom. The van der Waals surface area contributed by atoms with Gasteiger partial charge in [-0.1, -0.05) is 6.07 Å². The van der Waals surface area contributed by atoms with E-state index in [1.165, 1.54) is 0 Å². The number of Topliss-reactive ketones (excluding diaryl/α,β-unsaturated/α-hetero) is 1. The Hall–Kier alpha value is -3.67. The van der Waals surface area contributed by atoms with Crippen LogP contribution in [-0.2, 0) is 4.79 Å². The van der Waals surface area contributed by atoms with Gasteiger partial charge in [0.2, 0.25) is 5.78 Å². The number of benzene rings is 1. The second kappa shape index (κ2) is 5.95. The number of pyridine rings is 1. The van der Waals surface area contributed by atoms with E-state index >= 15 is 0 Å². The molecule has 4 heterocycles. The van der Waals surface area contributed by atoms with E-state index < -0.39 is 0 Å². The van der Waals surface area contributed by atoms with Crippen LogP contribution in [0.1, 0.15) is 39.6 Å². The third kappa shape index (κ3) is 2.54. The number of nitrogens with zero attached hydrogens (tertiary/aromatic N) is 1. The van der Waals surface area contributed by atoms with Gasteiger partial charge in [-0.05, 0) is 42.0 Å². The Morgan fingerprint density at radius 2 is 2.00 bits per heavy atom. The Bertz CT molecular complexity index is 1080. The topological polar surface area (TPSA) is 78.6 Å². The van der Waals surface area contributed by atoms with Crippen molar-refractivity contribution in [2.45, 2.75) is 12.3 Å². The summed E-state index contributed by atoms with van der Waals surface area (Å²) in [4.78, 5) is 28.9. The van der Waals surface area contributed by atoms with Crippen LogP contribution in [0.25, 0.3) is 6.08 Å². The minimum atomic E-state index is -0.364. The van der Waals surface area contributed by atoms with Gasteiger partial charge in [-0.25, -0.2) is 0 Å². The Kier molecular flexibility index (Phi) is 3.43. The minimum Gasteiger partial charge on any atom is -0.469 e.